The Morgan fingerprint density at radius 2 is 2.25 bits per heavy atom. The van der Waals surface area contributed by atoms with Crippen LogP contribution in [0.3, 0.4) is 0 Å². The van der Waals surface area contributed by atoms with Gasteiger partial charge in [0.15, 0.2) is 5.82 Å². The van der Waals surface area contributed by atoms with E-state index in [1.54, 1.807) is 10.9 Å². The number of aromatic nitrogens is 4. The standard InChI is InChI=1S/C12H15N5O3/c1-9(17-5-2-3-15-17)7-14-11-12(20)16(6-4-13-11)8-10(18)19/h2-6,9H,7-8H2,1H3,(H,13,14)(H,18,19). The van der Waals surface area contributed by atoms with Crippen LogP contribution in [0, 0.1) is 0 Å². The number of nitrogens with zero attached hydrogens (tertiary/aromatic N) is 4. The second-order valence-electron chi connectivity index (χ2n) is 4.32. The molecular formula is C12H15N5O3. The molecule has 0 radical (unpaired) electrons. The van der Waals surface area contributed by atoms with E-state index in [0.29, 0.717) is 6.54 Å². The molecule has 0 aliphatic carbocycles. The molecule has 0 saturated carbocycles. The lowest BCUT2D eigenvalue weighted by molar-refractivity contribution is -0.137. The van der Waals surface area contributed by atoms with Crippen molar-refractivity contribution < 1.29 is 9.90 Å². The van der Waals surface area contributed by atoms with E-state index < -0.39 is 11.5 Å². The molecule has 1 atom stereocenters. The number of carboxylic acids is 1. The van der Waals surface area contributed by atoms with Crippen LogP contribution in [0.1, 0.15) is 13.0 Å². The van der Waals surface area contributed by atoms with E-state index in [0.717, 1.165) is 4.57 Å². The molecule has 0 bridgehead atoms. The van der Waals surface area contributed by atoms with Crippen LogP contribution in [0.15, 0.2) is 35.6 Å². The van der Waals surface area contributed by atoms with Gasteiger partial charge in [-0.3, -0.25) is 18.8 Å². The van der Waals surface area contributed by atoms with Crippen LogP contribution < -0.4 is 10.9 Å². The van der Waals surface area contributed by atoms with Gasteiger partial charge in [-0.25, -0.2) is 4.98 Å². The third-order valence-electron chi connectivity index (χ3n) is 2.76. The number of anilines is 1. The fourth-order valence-electron chi connectivity index (χ4n) is 1.72. The topological polar surface area (TPSA) is 102 Å². The molecule has 0 spiro atoms. The second-order valence-corrected chi connectivity index (χ2v) is 4.32. The Balaban J connectivity index is 2.06. The SMILES string of the molecule is CC(CNc1nccn(CC(=O)O)c1=O)n1cccn1. The first-order chi connectivity index (χ1) is 9.58. The molecule has 106 valence electrons. The number of rotatable bonds is 6. The smallest absolute Gasteiger partial charge is 0.323 e. The Kier molecular flexibility index (Phi) is 4.14. The Morgan fingerprint density at radius 1 is 1.45 bits per heavy atom. The largest absolute Gasteiger partial charge is 0.480 e. The fourth-order valence-corrected chi connectivity index (χ4v) is 1.72. The summed E-state index contributed by atoms with van der Waals surface area (Å²) in [5, 5.41) is 15.7. The van der Waals surface area contributed by atoms with E-state index >= 15 is 0 Å². The monoisotopic (exact) mass is 277 g/mol. The summed E-state index contributed by atoms with van der Waals surface area (Å²) in [4.78, 5) is 26.5. The highest BCUT2D eigenvalue weighted by molar-refractivity contribution is 5.66. The number of aliphatic carboxylic acids is 1. The Bertz CT molecular complexity index is 635. The van der Waals surface area contributed by atoms with Gasteiger partial charge in [-0.15, -0.1) is 0 Å². The van der Waals surface area contributed by atoms with Gasteiger partial charge in [0.2, 0.25) is 0 Å². The predicted octanol–water partition coefficient (Wildman–Crippen LogP) is 0.197. The molecule has 0 aliphatic rings. The van der Waals surface area contributed by atoms with E-state index in [1.807, 2.05) is 19.2 Å². The zero-order valence-electron chi connectivity index (χ0n) is 10.9. The molecule has 0 amide bonds. The number of hydrogen-bond acceptors (Lipinski definition) is 5. The van der Waals surface area contributed by atoms with Gasteiger partial charge in [-0.2, -0.15) is 5.10 Å². The first-order valence-electron chi connectivity index (χ1n) is 6.08. The third kappa shape index (κ3) is 3.22. The van der Waals surface area contributed by atoms with Crippen molar-refractivity contribution in [3.63, 3.8) is 0 Å². The lowest BCUT2D eigenvalue weighted by atomic mass is 10.3. The van der Waals surface area contributed by atoms with Crippen molar-refractivity contribution in [1.29, 1.82) is 0 Å². The van der Waals surface area contributed by atoms with E-state index in [4.69, 9.17) is 5.11 Å². The van der Waals surface area contributed by atoms with Crippen molar-refractivity contribution in [3.8, 4) is 0 Å². The summed E-state index contributed by atoms with van der Waals surface area (Å²) in [6.07, 6.45) is 6.24. The highest BCUT2D eigenvalue weighted by atomic mass is 16.4. The van der Waals surface area contributed by atoms with Gasteiger partial charge in [0.05, 0.1) is 6.04 Å². The summed E-state index contributed by atoms with van der Waals surface area (Å²) in [6, 6.07) is 1.86. The molecule has 2 N–H and O–H groups in total. The summed E-state index contributed by atoms with van der Waals surface area (Å²) in [6.45, 7) is 2.02. The summed E-state index contributed by atoms with van der Waals surface area (Å²) in [5.74, 6) is -0.943. The van der Waals surface area contributed by atoms with Crippen molar-refractivity contribution in [1.82, 2.24) is 19.3 Å². The van der Waals surface area contributed by atoms with Crippen LogP contribution in [-0.2, 0) is 11.3 Å². The van der Waals surface area contributed by atoms with Crippen LogP contribution >= 0.6 is 0 Å². The van der Waals surface area contributed by atoms with Crippen LogP contribution in [0.5, 0.6) is 0 Å². The van der Waals surface area contributed by atoms with Crippen LogP contribution in [0.2, 0.25) is 0 Å². The molecule has 1 unspecified atom stereocenters. The minimum absolute atomic E-state index is 0.0410. The third-order valence-corrected chi connectivity index (χ3v) is 2.76. The first-order valence-corrected chi connectivity index (χ1v) is 6.08. The highest BCUT2D eigenvalue weighted by Crippen LogP contribution is 2.04. The number of carboxylic acid groups (broad SMARTS) is 1. The molecule has 2 aromatic rings. The summed E-state index contributed by atoms with van der Waals surface area (Å²) >= 11 is 0. The maximum Gasteiger partial charge on any atom is 0.323 e. The summed E-state index contributed by atoms with van der Waals surface area (Å²) in [7, 11) is 0. The zero-order chi connectivity index (χ0) is 14.5. The van der Waals surface area contributed by atoms with Crippen LogP contribution in [0.25, 0.3) is 0 Å². The van der Waals surface area contributed by atoms with Crippen molar-refractivity contribution >= 4 is 11.8 Å². The lowest BCUT2D eigenvalue weighted by Gasteiger charge is -2.13. The van der Waals surface area contributed by atoms with Crippen molar-refractivity contribution in [2.24, 2.45) is 0 Å². The maximum atomic E-state index is 12.0. The average Bonchev–Trinajstić information content (AvgIpc) is 2.93. The molecule has 2 rings (SSSR count). The number of nitrogens with one attached hydrogen (secondary N) is 1. The lowest BCUT2D eigenvalue weighted by Crippen LogP contribution is -2.28. The van der Waals surface area contributed by atoms with Crippen LogP contribution in [0.4, 0.5) is 5.82 Å². The zero-order valence-corrected chi connectivity index (χ0v) is 10.9. The Labute approximate surface area is 114 Å². The van der Waals surface area contributed by atoms with Crippen molar-refractivity contribution in [2.45, 2.75) is 19.5 Å². The van der Waals surface area contributed by atoms with Gasteiger partial charge in [0.25, 0.3) is 5.56 Å². The molecular weight excluding hydrogens is 262 g/mol. The molecule has 8 heteroatoms. The molecule has 0 aromatic carbocycles. The van der Waals surface area contributed by atoms with Crippen LogP contribution in [-0.4, -0.2) is 37.0 Å². The molecule has 0 aliphatic heterocycles. The Morgan fingerprint density at radius 3 is 2.90 bits per heavy atom. The van der Waals surface area contributed by atoms with Gasteiger partial charge < -0.3 is 10.4 Å². The van der Waals surface area contributed by atoms with Gasteiger partial charge in [0.1, 0.15) is 6.54 Å². The van der Waals surface area contributed by atoms with Crippen molar-refractivity contribution in [3.05, 3.63) is 41.2 Å². The molecule has 20 heavy (non-hydrogen) atoms. The van der Waals surface area contributed by atoms with E-state index in [9.17, 15) is 9.59 Å². The molecule has 2 aromatic heterocycles. The van der Waals surface area contributed by atoms with Gasteiger partial charge in [0, 0.05) is 31.3 Å². The molecule has 8 nitrogen and oxygen atoms in total. The number of carbonyl (C=O) groups is 1. The van der Waals surface area contributed by atoms with E-state index in [2.05, 4.69) is 15.4 Å². The molecule has 0 saturated heterocycles. The van der Waals surface area contributed by atoms with Gasteiger partial charge >= 0.3 is 5.97 Å². The minimum atomic E-state index is -1.07. The maximum absolute atomic E-state index is 12.0. The highest BCUT2D eigenvalue weighted by Gasteiger charge is 2.09. The Hall–Kier alpha value is -2.64. The first kappa shape index (κ1) is 13.8. The molecule has 0 fully saturated rings. The van der Waals surface area contributed by atoms with Gasteiger partial charge in [-0.05, 0) is 13.0 Å². The average molecular weight is 277 g/mol. The normalized spacial score (nSPS) is 12.1. The van der Waals surface area contributed by atoms with Crippen molar-refractivity contribution in [2.75, 3.05) is 11.9 Å². The van der Waals surface area contributed by atoms with E-state index in [-0.39, 0.29) is 18.4 Å². The summed E-state index contributed by atoms with van der Waals surface area (Å²) in [5.41, 5.74) is -0.456. The van der Waals surface area contributed by atoms with E-state index in [1.165, 1.54) is 12.4 Å². The summed E-state index contributed by atoms with van der Waals surface area (Å²) < 4.78 is 2.85. The quantitative estimate of drug-likeness (QED) is 0.782. The second kappa shape index (κ2) is 6.00. The molecule has 2 heterocycles. The predicted molar refractivity (Wildman–Crippen MR) is 71.6 cm³/mol. The fraction of sp³-hybridized carbons (Fsp3) is 0.333. The van der Waals surface area contributed by atoms with Gasteiger partial charge in [-0.1, -0.05) is 0 Å². The minimum Gasteiger partial charge on any atom is -0.480 e. The number of hydrogen-bond donors (Lipinski definition) is 2.